The molecule has 1 fully saturated rings. The van der Waals surface area contributed by atoms with Gasteiger partial charge in [-0.2, -0.15) is 0 Å². The quantitative estimate of drug-likeness (QED) is 0.728. The number of rotatable bonds is 5. The van der Waals surface area contributed by atoms with Crippen LogP contribution in [0.3, 0.4) is 0 Å². The van der Waals surface area contributed by atoms with Gasteiger partial charge in [0.25, 0.3) is 0 Å². The van der Waals surface area contributed by atoms with Gasteiger partial charge in [0.2, 0.25) is 5.91 Å². The van der Waals surface area contributed by atoms with Crippen LogP contribution in [0.2, 0.25) is 0 Å². The van der Waals surface area contributed by atoms with Crippen molar-refractivity contribution in [1.29, 1.82) is 0 Å². The second kappa shape index (κ2) is 5.79. The van der Waals surface area contributed by atoms with Gasteiger partial charge in [-0.3, -0.25) is 4.79 Å². The summed E-state index contributed by atoms with van der Waals surface area (Å²) in [6, 6.07) is 6.55. The van der Waals surface area contributed by atoms with E-state index in [-0.39, 0.29) is 19.6 Å². The molecule has 0 aliphatic carbocycles. The van der Waals surface area contributed by atoms with Crippen molar-refractivity contribution in [3.63, 3.8) is 0 Å². The molecule has 20 heavy (non-hydrogen) atoms. The summed E-state index contributed by atoms with van der Waals surface area (Å²) in [4.78, 5) is 22.9. The molecular weight excluding hydrogens is 262 g/mol. The lowest BCUT2D eigenvalue weighted by molar-refractivity contribution is -0.127. The van der Waals surface area contributed by atoms with Crippen LogP contribution in [0.4, 0.5) is 10.5 Å². The second-order valence-electron chi connectivity index (χ2n) is 4.73. The van der Waals surface area contributed by atoms with Gasteiger partial charge in [0.05, 0.1) is 32.3 Å². The molecule has 0 saturated carbocycles. The number of nitrogens with one attached hydrogen (secondary N) is 2. The molecule has 1 aliphatic rings. The number of methoxy groups -OCH3 is 1. The summed E-state index contributed by atoms with van der Waals surface area (Å²) in [6.07, 6.45) is 0.0541. The van der Waals surface area contributed by atoms with E-state index in [1.54, 1.807) is 31.4 Å². The van der Waals surface area contributed by atoms with Gasteiger partial charge < -0.3 is 25.8 Å². The number of hydrogen-bond acceptors (Lipinski definition) is 4. The van der Waals surface area contributed by atoms with Crippen LogP contribution < -0.4 is 21.1 Å². The van der Waals surface area contributed by atoms with Crippen LogP contribution in [0.25, 0.3) is 0 Å². The first-order valence-corrected chi connectivity index (χ1v) is 6.12. The SMILES string of the molecule is COc1cccc(NC(=O)NC2(CC(N)=O)COC2)c1. The van der Waals surface area contributed by atoms with Crippen molar-refractivity contribution in [2.24, 2.45) is 5.73 Å². The van der Waals surface area contributed by atoms with Crippen molar-refractivity contribution in [3.05, 3.63) is 24.3 Å². The summed E-state index contributed by atoms with van der Waals surface area (Å²) in [5.41, 5.74) is 5.07. The van der Waals surface area contributed by atoms with Gasteiger partial charge in [0.1, 0.15) is 5.75 Å². The van der Waals surface area contributed by atoms with Crippen molar-refractivity contribution in [2.45, 2.75) is 12.0 Å². The average Bonchev–Trinajstić information content (AvgIpc) is 2.35. The smallest absolute Gasteiger partial charge is 0.319 e. The Morgan fingerprint density at radius 2 is 2.20 bits per heavy atom. The predicted molar refractivity (Wildman–Crippen MR) is 72.5 cm³/mol. The Morgan fingerprint density at radius 3 is 2.75 bits per heavy atom. The third-order valence-electron chi connectivity index (χ3n) is 2.98. The Balaban J connectivity index is 1.96. The summed E-state index contributed by atoms with van der Waals surface area (Å²) >= 11 is 0. The lowest BCUT2D eigenvalue weighted by atomic mass is 9.93. The van der Waals surface area contributed by atoms with E-state index in [4.69, 9.17) is 15.2 Å². The largest absolute Gasteiger partial charge is 0.497 e. The molecule has 0 radical (unpaired) electrons. The average molecular weight is 279 g/mol. The number of primary amides is 1. The zero-order chi connectivity index (χ0) is 14.6. The molecule has 1 heterocycles. The Morgan fingerprint density at radius 1 is 1.45 bits per heavy atom. The second-order valence-corrected chi connectivity index (χ2v) is 4.73. The summed E-state index contributed by atoms with van der Waals surface area (Å²) in [7, 11) is 1.55. The maximum Gasteiger partial charge on any atom is 0.319 e. The predicted octanol–water partition coefficient (Wildman–Crippen LogP) is 0.461. The van der Waals surface area contributed by atoms with Crippen molar-refractivity contribution in [2.75, 3.05) is 25.6 Å². The molecule has 3 amide bonds. The topological polar surface area (TPSA) is 103 Å². The first-order valence-electron chi connectivity index (χ1n) is 6.12. The monoisotopic (exact) mass is 279 g/mol. The normalized spacial score (nSPS) is 15.8. The Labute approximate surface area is 116 Å². The lowest BCUT2D eigenvalue weighted by Gasteiger charge is -2.41. The molecule has 0 unspecified atom stereocenters. The summed E-state index contributed by atoms with van der Waals surface area (Å²) in [6.45, 7) is 0.558. The standard InChI is InChI=1S/C13H17N3O4/c1-19-10-4-2-3-9(5-10)15-12(18)16-13(6-11(14)17)7-20-8-13/h2-5H,6-8H2,1H3,(H2,14,17)(H2,15,16,18). The van der Waals surface area contributed by atoms with E-state index in [0.29, 0.717) is 11.4 Å². The van der Waals surface area contributed by atoms with Gasteiger partial charge in [-0.1, -0.05) is 6.07 Å². The van der Waals surface area contributed by atoms with Crippen LogP contribution in [-0.4, -0.2) is 37.8 Å². The fourth-order valence-electron chi connectivity index (χ4n) is 2.00. The number of ether oxygens (including phenoxy) is 2. The number of nitrogens with two attached hydrogens (primary N) is 1. The van der Waals surface area contributed by atoms with E-state index in [1.807, 2.05) is 0 Å². The van der Waals surface area contributed by atoms with E-state index in [9.17, 15) is 9.59 Å². The number of amides is 3. The Hall–Kier alpha value is -2.28. The Kier molecular flexibility index (Phi) is 4.09. The van der Waals surface area contributed by atoms with E-state index in [0.717, 1.165) is 0 Å². The van der Waals surface area contributed by atoms with E-state index < -0.39 is 17.5 Å². The summed E-state index contributed by atoms with van der Waals surface area (Å²) in [5.74, 6) is 0.164. The summed E-state index contributed by atoms with van der Waals surface area (Å²) in [5, 5.41) is 5.41. The van der Waals surface area contributed by atoms with Crippen molar-refractivity contribution in [3.8, 4) is 5.75 Å². The molecule has 0 atom stereocenters. The van der Waals surface area contributed by atoms with Crippen LogP contribution in [0.1, 0.15) is 6.42 Å². The highest BCUT2D eigenvalue weighted by Gasteiger charge is 2.41. The molecule has 4 N–H and O–H groups in total. The molecule has 2 rings (SSSR count). The maximum absolute atomic E-state index is 11.9. The van der Waals surface area contributed by atoms with E-state index in [1.165, 1.54) is 0 Å². The molecule has 108 valence electrons. The van der Waals surface area contributed by atoms with Gasteiger partial charge in [-0.25, -0.2) is 4.79 Å². The molecule has 1 saturated heterocycles. The minimum Gasteiger partial charge on any atom is -0.497 e. The van der Waals surface area contributed by atoms with Crippen molar-refractivity contribution >= 4 is 17.6 Å². The van der Waals surface area contributed by atoms with Crippen LogP contribution in [0.5, 0.6) is 5.75 Å². The lowest BCUT2D eigenvalue weighted by Crippen LogP contribution is -2.64. The van der Waals surface area contributed by atoms with Gasteiger partial charge >= 0.3 is 6.03 Å². The highest BCUT2D eigenvalue weighted by atomic mass is 16.5. The van der Waals surface area contributed by atoms with Crippen LogP contribution in [-0.2, 0) is 9.53 Å². The Bertz CT molecular complexity index is 514. The first kappa shape index (κ1) is 14.1. The van der Waals surface area contributed by atoms with Crippen LogP contribution >= 0.6 is 0 Å². The molecule has 1 aromatic rings. The number of urea groups is 1. The van der Waals surface area contributed by atoms with Gasteiger partial charge in [-0.15, -0.1) is 0 Å². The molecule has 0 aromatic heterocycles. The van der Waals surface area contributed by atoms with E-state index in [2.05, 4.69) is 10.6 Å². The summed E-state index contributed by atoms with van der Waals surface area (Å²) < 4.78 is 10.1. The zero-order valence-corrected chi connectivity index (χ0v) is 11.1. The zero-order valence-electron chi connectivity index (χ0n) is 11.1. The molecule has 0 spiro atoms. The number of hydrogen-bond donors (Lipinski definition) is 3. The molecule has 7 nitrogen and oxygen atoms in total. The van der Waals surface area contributed by atoms with Gasteiger partial charge in [0, 0.05) is 11.8 Å². The van der Waals surface area contributed by atoms with E-state index >= 15 is 0 Å². The maximum atomic E-state index is 11.9. The minimum absolute atomic E-state index is 0.0541. The molecule has 7 heteroatoms. The molecule has 0 bridgehead atoms. The third-order valence-corrected chi connectivity index (χ3v) is 2.98. The fourth-order valence-corrected chi connectivity index (χ4v) is 2.00. The number of carbonyl (C=O) groups excluding carboxylic acids is 2. The first-order chi connectivity index (χ1) is 9.53. The van der Waals surface area contributed by atoms with Gasteiger partial charge in [-0.05, 0) is 12.1 Å². The van der Waals surface area contributed by atoms with Crippen LogP contribution in [0, 0.1) is 0 Å². The number of benzene rings is 1. The highest BCUT2D eigenvalue weighted by Crippen LogP contribution is 2.22. The molecule has 1 aromatic carbocycles. The van der Waals surface area contributed by atoms with Gasteiger partial charge in [0.15, 0.2) is 0 Å². The molecular formula is C13H17N3O4. The molecule has 1 aliphatic heterocycles. The number of carbonyl (C=O) groups is 2. The van der Waals surface area contributed by atoms with Crippen LogP contribution in [0.15, 0.2) is 24.3 Å². The number of anilines is 1. The fraction of sp³-hybridized carbons (Fsp3) is 0.385. The van der Waals surface area contributed by atoms with Crippen molar-refractivity contribution < 1.29 is 19.1 Å². The van der Waals surface area contributed by atoms with Crippen molar-refractivity contribution in [1.82, 2.24) is 5.32 Å². The minimum atomic E-state index is -0.700. The highest BCUT2D eigenvalue weighted by molar-refractivity contribution is 5.90. The third kappa shape index (κ3) is 3.39.